The molecule has 6 heteroatoms. The summed E-state index contributed by atoms with van der Waals surface area (Å²) in [5, 5.41) is 6.71. The highest BCUT2D eigenvalue weighted by atomic mass is 19.3. The monoisotopic (exact) mass is 628 g/mol. The first kappa shape index (κ1) is 27.9. The van der Waals surface area contributed by atoms with Gasteiger partial charge in [-0.1, -0.05) is 115 Å². The molecule has 9 rings (SSSR count). The minimum atomic E-state index is -5.57. The van der Waals surface area contributed by atoms with Crippen molar-refractivity contribution in [2.75, 3.05) is 0 Å². The molecular weight excluding hydrogens is 606 g/mol. The summed E-state index contributed by atoms with van der Waals surface area (Å²) in [6.07, 6.45) is 0. The van der Waals surface area contributed by atoms with Crippen molar-refractivity contribution in [2.45, 2.75) is 17.8 Å². The fourth-order valence-corrected chi connectivity index (χ4v) is 7.50. The highest BCUT2D eigenvalue weighted by Crippen LogP contribution is 2.66. The second kappa shape index (κ2) is 9.35. The Bertz CT molecular complexity index is 2580. The Morgan fingerprint density at radius 1 is 0.277 bits per heavy atom. The van der Waals surface area contributed by atoms with Gasteiger partial charge in [-0.3, -0.25) is 0 Å². The third-order valence-corrected chi connectivity index (χ3v) is 9.72. The van der Waals surface area contributed by atoms with E-state index in [1.165, 1.54) is 35.7 Å². The van der Waals surface area contributed by atoms with Gasteiger partial charge in [-0.25, -0.2) is 0 Å². The molecule has 8 aromatic rings. The van der Waals surface area contributed by atoms with E-state index in [1.54, 1.807) is 12.1 Å². The lowest BCUT2D eigenvalue weighted by Gasteiger charge is -2.23. The van der Waals surface area contributed by atoms with E-state index < -0.39 is 28.9 Å². The molecule has 8 aromatic carbocycles. The van der Waals surface area contributed by atoms with E-state index in [0.29, 0.717) is 5.56 Å². The molecule has 0 nitrogen and oxygen atoms in total. The van der Waals surface area contributed by atoms with Crippen LogP contribution in [0.3, 0.4) is 0 Å². The van der Waals surface area contributed by atoms with Crippen molar-refractivity contribution in [2.24, 2.45) is 0 Å². The molecule has 0 aromatic heterocycles. The van der Waals surface area contributed by atoms with E-state index in [-0.39, 0.29) is 21.5 Å². The first-order valence-corrected chi connectivity index (χ1v) is 15.2. The van der Waals surface area contributed by atoms with Crippen LogP contribution in [0.2, 0.25) is 0 Å². The van der Waals surface area contributed by atoms with Crippen LogP contribution in [-0.2, 0) is 11.8 Å². The van der Waals surface area contributed by atoms with Crippen LogP contribution in [0, 0.1) is 0 Å². The highest BCUT2D eigenvalue weighted by Gasteiger charge is 2.79. The number of hydrogen-bond donors (Lipinski definition) is 0. The van der Waals surface area contributed by atoms with E-state index in [2.05, 4.69) is 42.5 Å². The molecule has 0 unspecified atom stereocenters. The van der Waals surface area contributed by atoms with E-state index in [9.17, 15) is 8.78 Å². The van der Waals surface area contributed by atoms with Crippen molar-refractivity contribution in [3.63, 3.8) is 0 Å². The molecule has 228 valence electrons. The van der Waals surface area contributed by atoms with Gasteiger partial charge in [-0.05, 0) is 94.3 Å². The molecule has 0 N–H and O–H groups in total. The van der Waals surface area contributed by atoms with Gasteiger partial charge < -0.3 is 0 Å². The lowest BCUT2D eigenvalue weighted by atomic mass is 9.89. The number of hydrogen-bond acceptors (Lipinski definition) is 0. The van der Waals surface area contributed by atoms with Crippen molar-refractivity contribution in [3.05, 3.63) is 145 Å². The number of rotatable bonds is 2. The topological polar surface area (TPSA) is 0 Å². The summed E-state index contributed by atoms with van der Waals surface area (Å²) < 4.78 is 89.8. The standard InChI is InChI=1S/C41H22F6/c42-39(43)37-33-15-6-5-14-31(33)36-22-26(17-19-34(36)38(37)40(44,45)41(39,46)47)24-9-7-8-23(20-24)25-16-18-32-29-12-2-1-10-27(29)28-11-3-4-13-30(28)35(32)21-25/h1-22H. The maximum absolute atomic E-state index is 15.2. The maximum atomic E-state index is 15.2. The number of fused-ring (bicyclic) bond motifs is 12. The zero-order valence-electron chi connectivity index (χ0n) is 24.5. The Balaban J connectivity index is 1.23. The van der Waals surface area contributed by atoms with E-state index in [0.717, 1.165) is 43.6 Å². The second-order valence-corrected chi connectivity index (χ2v) is 12.2. The lowest BCUT2D eigenvalue weighted by Crippen LogP contribution is -2.43. The predicted molar refractivity (Wildman–Crippen MR) is 178 cm³/mol. The molecule has 0 aliphatic heterocycles. The minimum Gasteiger partial charge on any atom is -0.194 e. The van der Waals surface area contributed by atoms with Crippen molar-refractivity contribution in [3.8, 4) is 22.3 Å². The van der Waals surface area contributed by atoms with Crippen molar-refractivity contribution in [1.82, 2.24) is 0 Å². The van der Waals surface area contributed by atoms with Crippen molar-refractivity contribution < 1.29 is 26.3 Å². The Morgan fingerprint density at radius 2 is 0.596 bits per heavy atom. The molecule has 0 heterocycles. The second-order valence-electron chi connectivity index (χ2n) is 12.2. The van der Waals surface area contributed by atoms with Gasteiger partial charge in [0.2, 0.25) is 0 Å². The Hall–Kier alpha value is -5.36. The van der Waals surface area contributed by atoms with Gasteiger partial charge in [0.15, 0.2) is 0 Å². The molecular formula is C41H22F6. The smallest absolute Gasteiger partial charge is 0.194 e. The predicted octanol–water partition coefficient (Wildman–Crippen LogP) is 12.6. The summed E-state index contributed by atoms with van der Waals surface area (Å²) in [5.41, 5.74) is 0.695. The fraction of sp³-hybridized carbons (Fsp3) is 0.0732. The number of alkyl halides is 6. The third-order valence-electron chi connectivity index (χ3n) is 9.72. The summed E-state index contributed by atoms with van der Waals surface area (Å²) in [6, 6.07) is 40.9. The van der Waals surface area contributed by atoms with E-state index in [4.69, 9.17) is 0 Å². The summed E-state index contributed by atoms with van der Waals surface area (Å²) in [4.78, 5) is 0. The zero-order valence-corrected chi connectivity index (χ0v) is 24.5. The van der Waals surface area contributed by atoms with Crippen LogP contribution in [0.5, 0.6) is 0 Å². The molecule has 0 amide bonds. The Morgan fingerprint density at radius 3 is 1.09 bits per heavy atom. The van der Waals surface area contributed by atoms with Gasteiger partial charge in [-0.2, -0.15) is 26.3 Å². The first-order valence-electron chi connectivity index (χ1n) is 15.2. The molecule has 47 heavy (non-hydrogen) atoms. The molecule has 1 aliphatic carbocycles. The average molecular weight is 629 g/mol. The fourth-order valence-electron chi connectivity index (χ4n) is 7.50. The molecule has 0 fully saturated rings. The summed E-state index contributed by atoms with van der Waals surface area (Å²) >= 11 is 0. The van der Waals surface area contributed by atoms with Crippen LogP contribution < -0.4 is 0 Å². The van der Waals surface area contributed by atoms with Gasteiger partial charge in [0, 0.05) is 11.1 Å². The number of benzene rings is 8. The van der Waals surface area contributed by atoms with Crippen LogP contribution in [0.15, 0.2) is 133 Å². The van der Waals surface area contributed by atoms with E-state index >= 15 is 17.6 Å². The maximum Gasteiger partial charge on any atom is 0.380 e. The summed E-state index contributed by atoms with van der Waals surface area (Å²) in [5.74, 6) is -15.7. The normalized spacial score (nSPS) is 16.4. The van der Waals surface area contributed by atoms with Crippen LogP contribution in [0.1, 0.15) is 11.1 Å². The SMILES string of the molecule is FC1(F)c2c(c3ccc(-c4cccc(-c5ccc6c7ccccc7c7ccccc7c6c5)c4)cc3c3ccccc23)C(F)(F)C1(F)F. The molecule has 0 saturated heterocycles. The molecule has 0 atom stereocenters. The van der Waals surface area contributed by atoms with Crippen molar-refractivity contribution >= 4 is 53.9 Å². The molecule has 0 spiro atoms. The van der Waals surface area contributed by atoms with Gasteiger partial charge in [0.1, 0.15) is 0 Å². The van der Waals surface area contributed by atoms with Crippen LogP contribution in [0.4, 0.5) is 26.3 Å². The van der Waals surface area contributed by atoms with Crippen molar-refractivity contribution in [1.29, 1.82) is 0 Å². The van der Waals surface area contributed by atoms with Gasteiger partial charge in [0.05, 0.1) is 0 Å². The van der Waals surface area contributed by atoms with Gasteiger partial charge >= 0.3 is 17.8 Å². The number of halogens is 6. The third kappa shape index (κ3) is 3.61. The molecule has 1 aliphatic rings. The molecule has 0 bridgehead atoms. The van der Waals surface area contributed by atoms with Crippen LogP contribution in [-0.4, -0.2) is 5.92 Å². The average Bonchev–Trinajstić information content (AvgIpc) is 3.21. The van der Waals surface area contributed by atoms with Crippen LogP contribution in [0.25, 0.3) is 76.1 Å². The van der Waals surface area contributed by atoms with Gasteiger partial charge in [0.25, 0.3) is 0 Å². The van der Waals surface area contributed by atoms with E-state index in [1.807, 2.05) is 48.5 Å². The molecule has 0 radical (unpaired) electrons. The first-order chi connectivity index (χ1) is 22.6. The largest absolute Gasteiger partial charge is 0.380 e. The Labute approximate surface area is 264 Å². The lowest BCUT2D eigenvalue weighted by molar-refractivity contribution is -0.301. The van der Waals surface area contributed by atoms with Crippen LogP contribution >= 0.6 is 0 Å². The zero-order chi connectivity index (χ0) is 32.3. The summed E-state index contributed by atoms with van der Waals surface area (Å²) in [7, 11) is 0. The molecule has 0 saturated carbocycles. The quantitative estimate of drug-likeness (QED) is 0.132. The van der Waals surface area contributed by atoms with Gasteiger partial charge in [-0.15, -0.1) is 0 Å². The highest BCUT2D eigenvalue weighted by molar-refractivity contribution is 6.25. The Kier molecular flexibility index (Phi) is 5.55. The minimum absolute atomic E-state index is 0.208. The summed E-state index contributed by atoms with van der Waals surface area (Å²) in [6.45, 7) is 0.